The van der Waals surface area contributed by atoms with Gasteiger partial charge in [-0.2, -0.15) is 0 Å². The van der Waals surface area contributed by atoms with Crippen LogP contribution in [0.1, 0.15) is 63.5 Å². The Morgan fingerprint density at radius 2 is 1.91 bits per heavy atom. The Kier molecular flexibility index (Phi) is 6.94. The molecule has 0 aliphatic heterocycles. The molecule has 0 aromatic heterocycles. The van der Waals surface area contributed by atoms with Gasteiger partial charge in [0.1, 0.15) is 6.10 Å². The van der Waals surface area contributed by atoms with Gasteiger partial charge in [0.2, 0.25) is 0 Å². The lowest BCUT2D eigenvalue weighted by Gasteiger charge is -2.25. The van der Waals surface area contributed by atoms with Crippen LogP contribution in [0.25, 0.3) is 0 Å². The molecule has 0 bridgehead atoms. The quantitative estimate of drug-likeness (QED) is 0.767. The normalized spacial score (nSPS) is 17.7. The second-order valence-electron chi connectivity index (χ2n) is 6.77. The van der Waals surface area contributed by atoms with Gasteiger partial charge < -0.3 is 10.1 Å². The van der Waals surface area contributed by atoms with E-state index < -0.39 is 0 Å². The molecule has 23 heavy (non-hydrogen) atoms. The number of hydrogen-bond donors (Lipinski definition) is 1. The lowest BCUT2D eigenvalue weighted by molar-refractivity contribution is 0.0892. The summed E-state index contributed by atoms with van der Waals surface area (Å²) in [6.07, 6.45) is 7.36. The largest absolute Gasteiger partial charge is 0.446 e. The molecule has 2 rings (SSSR count). The van der Waals surface area contributed by atoms with E-state index in [1.165, 1.54) is 36.8 Å². The van der Waals surface area contributed by atoms with Crippen LogP contribution in [-0.4, -0.2) is 18.2 Å². The summed E-state index contributed by atoms with van der Waals surface area (Å²) in [5.41, 5.74) is 2.52. The first-order chi connectivity index (χ1) is 11.1. The number of benzene rings is 1. The van der Waals surface area contributed by atoms with Gasteiger partial charge in [0.05, 0.1) is 0 Å². The molecule has 1 amide bonds. The number of ether oxygens (including phenoxy) is 1. The Bertz CT molecular complexity index is 494. The van der Waals surface area contributed by atoms with Crippen molar-refractivity contribution in [2.75, 3.05) is 0 Å². The fraction of sp³-hybridized carbons (Fsp3) is 0.650. The zero-order valence-electron chi connectivity index (χ0n) is 14.8. The number of aryl methyl sites for hydroxylation is 1. The van der Waals surface area contributed by atoms with Crippen molar-refractivity contribution in [1.29, 1.82) is 0 Å². The van der Waals surface area contributed by atoms with Crippen molar-refractivity contribution in [2.45, 2.75) is 77.9 Å². The summed E-state index contributed by atoms with van der Waals surface area (Å²) in [4.78, 5) is 12.3. The lowest BCUT2D eigenvalue weighted by Crippen LogP contribution is -2.41. The number of carbonyl (C=O) groups excluding carboxylic acids is 1. The molecule has 0 radical (unpaired) electrons. The van der Waals surface area contributed by atoms with Crippen LogP contribution in [-0.2, 0) is 11.2 Å². The van der Waals surface area contributed by atoms with Gasteiger partial charge in [-0.1, -0.05) is 51.0 Å². The molecule has 1 saturated carbocycles. The SMILES string of the molecule is CCC(NC(=O)O[C@@H](CC)Cc1ccccc1C)C1CCCC1. The van der Waals surface area contributed by atoms with Gasteiger partial charge in [-0.05, 0) is 49.7 Å². The summed E-state index contributed by atoms with van der Waals surface area (Å²) in [7, 11) is 0. The van der Waals surface area contributed by atoms with Crippen LogP contribution in [0.4, 0.5) is 4.79 Å². The third kappa shape index (κ3) is 5.26. The Morgan fingerprint density at radius 3 is 2.52 bits per heavy atom. The summed E-state index contributed by atoms with van der Waals surface area (Å²) in [6.45, 7) is 6.33. The number of amides is 1. The van der Waals surface area contributed by atoms with Gasteiger partial charge >= 0.3 is 6.09 Å². The van der Waals surface area contributed by atoms with Gasteiger partial charge in [0.25, 0.3) is 0 Å². The first-order valence-electron chi connectivity index (χ1n) is 9.15. The molecular weight excluding hydrogens is 286 g/mol. The topological polar surface area (TPSA) is 38.3 Å². The molecule has 1 aliphatic rings. The molecule has 0 heterocycles. The van der Waals surface area contributed by atoms with Crippen LogP contribution in [0.5, 0.6) is 0 Å². The predicted molar refractivity (Wildman–Crippen MR) is 94.6 cm³/mol. The van der Waals surface area contributed by atoms with Gasteiger partial charge in [0, 0.05) is 12.5 Å². The van der Waals surface area contributed by atoms with Crippen LogP contribution >= 0.6 is 0 Å². The van der Waals surface area contributed by atoms with Gasteiger partial charge in [-0.25, -0.2) is 4.79 Å². The van der Waals surface area contributed by atoms with E-state index in [0.29, 0.717) is 5.92 Å². The first-order valence-corrected chi connectivity index (χ1v) is 9.15. The zero-order valence-corrected chi connectivity index (χ0v) is 14.8. The molecule has 1 N–H and O–H groups in total. The van der Waals surface area contributed by atoms with E-state index >= 15 is 0 Å². The van der Waals surface area contributed by atoms with E-state index in [1.54, 1.807) is 0 Å². The minimum atomic E-state index is -0.246. The second kappa shape index (κ2) is 8.95. The van der Waals surface area contributed by atoms with E-state index in [4.69, 9.17) is 4.74 Å². The molecule has 1 aromatic rings. The molecule has 3 nitrogen and oxygen atoms in total. The third-order valence-corrected chi connectivity index (χ3v) is 5.15. The molecule has 0 saturated heterocycles. The molecular formula is C20H31NO2. The number of hydrogen-bond acceptors (Lipinski definition) is 2. The first kappa shape index (κ1) is 17.8. The van der Waals surface area contributed by atoms with E-state index in [9.17, 15) is 4.79 Å². The van der Waals surface area contributed by atoms with Gasteiger partial charge in [0.15, 0.2) is 0 Å². The average Bonchev–Trinajstić information content (AvgIpc) is 3.08. The maximum Gasteiger partial charge on any atom is 0.407 e. The highest BCUT2D eigenvalue weighted by molar-refractivity contribution is 5.67. The summed E-state index contributed by atoms with van der Waals surface area (Å²) >= 11 is 0. The number of nitrogens with one attached hydrogen (secondary N) is 1. The number of rotatable bonds is 7. The van der Waals surface area contributed by atoms with Crippen LogP contribution < -0.4 is 5.32 Å². The lowest BCUT2D eigenvalue weighted by atomic mass is 9.96. The molecule has 0 spiro atoms. The number of carbonyl (C=O) groups is 1. The summed E-state index contributed by atoms with van der Waals surface area (Å²) < 4.78 is 5.70. The molecule has 1 aromatic carbocycles. The minimum absolute atomic E-state index is 0.0582. The van der Waals surface area contributed by atoms with Crippen molar-refractivity contribution < 1.29 is 9.53 Å². The van der Waals surface area contributed by atoms with Crippen LogP contribution in [0.15, 0.2) is 24.3 Å². The molecule has 3 heteroatoms. The third-order valence-electron chi connectivity index (χ3n) is 5.15. The highest BCUT2D eigenvalue weighted by Crippen LogP contribution is 2.29. The highest BCUT2D eigenvalue weighted by atomic mass is 16.6. The van der Waals surface area contributed by atoms with Crippen molar-refractivity contribution >= 4 is 6.09 Å². The minimum Gasteiger partial charge on any atom is -0.446 e. The van der Waals surface area contributed by atoms with Crippen molar-refractivity contribution in [3.8, 4) is 0 Å². The van der Waals surface area contributed by atoms with Gasteiger partial charge in [-0.3, -0.25) is 0 Å². The Morgan fingerprint density at radius 1 is 1.22 bits per heavy atom. The fourth-order valence-electron chi connectivity index (χ4n) is 3.60. The fourth-order valence-corrected chi connectivity index (χ4v) is 3.60. The van der Waals surface area contributed by atoms with Crippen molar-refractivity contribution in [2.24, 2.45) is 5.92 Å². The maximum atomic E-state index is 12.3. The molecule has 1 fully saturated rings. The van der Waals surface area contributed by atoms with E-state index in [0.717, 1.165) is 19.3 Å². The Balaban J connectivity index is 1.87. The van der Waals surface area contributed by atoms with E-state index in [-0.39, 0.29) is 18.2 Å². The standard InChI is InChI=1S/C20H31NO2/c1-4-18(14-17-13-7-6-10-15(17)3)23-20(22)21-19(5-2)16-11-8-9-12-16/h6-7,10,13,16,18-19H,4-5,8-9,11-12,14H2,1-3H3,(H,21,22)/t18-,19?/m0/s1. The smallest absolute Gasteiger partial charge is 0.407 e. The van der Waals surface area contributed by atoms with Crippen LogP contribution in [0.3, 0.4) is 0 Å². The summed E-state index contributed by atoms with van der Waals surface area (Å²) in [6, 6.07) is 8.58. The maximum absolute atomic E-state index is 12.3. The summed E-state index contributed by atoms with van der Waals surface area (Å²) in [5.74, 6) is 0.629. The summed E-state index contributed by atoms with van der Waals surface area (Å²) in [5, 5.41) is 3.11. The number of alkyl carbamates (subject to hydrolysis) is 1. The Hall–Kier alpha value is -1.51. The average molecular weight is 317 g/mol. The van der Waals surface area contributed by atoms with Gasteiger partial charge in [-0.15, -0.1) is 0 Å². The van der Waals surface area contributed by atoms with Crippen molar-refractivity contribution in [3.63, 3.8) is 0 Å². The monoisotopic (exact) mass is 317 g/mol. The van der Waals surface area contributed by atoms with Crippen LogP contribution in [0, 0.1) is 12.8 Å². The predicted octanol–water partition coefficient (Wildman–Crippen LogP) is 5.01. The van der Waals surface area contributed by atoms with E-state index in [2.05, 4.69) is 38.2 Å². The molecule has 1 unspecified atom stereocenters. The van der Waals surface area contributed by atoms with E-state index in [1.807, 2.05) is 12.1 Å². The molecule has 1 aliphatic carbocycles. The van der Waals surface area contributed by atoms with Crippen molar-refractivity contribution in [1.82, 2.24) is 5.32 Å². The molecule has 2 atom stereocenters. The molecule has 128 valence electrons. The second-order valence-corrected chi connectivity index (χ2v) is 6.77. The van der Waals surface area contributed by atoms with Crippen LogP contribution in [0.2, 0.25) is 0 Å². The highest BCUT2D eigenvalue weighted by Gasteiger charge is 2.26. The van der Waals surface area contributed by atoms with Crippen molar-refractivity contribution in [3.05, 3.63) is 35.4 Å². The zero-order chi connectivity index (χ0) is 16.7. The Labute approximate surface area is 140 Å².